The highest BCUT2D eigenvalue weighted by Gasteiger charge is 2.45. The van der Waals surface area contributed by atoms with Gasteiger partial charge in [-0.1, -0.05) is 6.92 Å². The molecule has 3 atom stereocenters. The van der Waals surface area contributed by atoms with E-state index >= 15 is 0 Å². The summed E-state index contributed by atoms with van der Waals surface area (Å²) >= 11 is 0. The number of likely N-dealkylation sites (N-methyl/N-ethyl adjacent to an activating group) is 1. The lowest BCUT2D eigenvalue weighted by Crippen LogP contribution is -2.45. The Kier molecular flexibility index (Phi) is 3.09. The van der Waals surface area contributed by atoms with Gasteiger partial charge < -0.3 is 9.64 Å². The molecule has 96 valence electrons. The Balaban J connectivity index is 1.66. The van der Waals surface area contributed by atoms with Crippen LogP contribution in [0.5, 0.6) is 0 Å². The molecule has 0 spiro atoms. The number of carbonyl (C=O) groups is 1. The minimum absolute atomic E-state index is 0.134. The summed E-state index contributed by atoms with van der Waals surface area (Å²) in [5, 5.41) is 0. The second-order valence-corrected chi connectivity index (χ2v) is 5.52. The predicted octanol–water partition coefficient (Wildman–Crippen LogP) is 0.718. The van der Waals surface area contributed by atoms with Crippen LogP contribution in [-0.4, -0.2) is 60.6 Å². The lowest BCUT2D eigenvalue weighted by molar-refractivity contribution is -0.137. The Morgan fingerprint density at radius 3 is 2.76 bits per heavy atom. The number of hydrogen-bond acceptors (Lipinski definition) is 3. The van der Waals surface area contributed by atoms with E-state index in [1.807, 2.05) is 4.90 Å². The highest BCUT2D eigenvalue weighted by molar-refractivity contribution is 5.80. The maximum absolute atomic E-state index is 12.4. The third-order valence-corrected chi connectivity index (χ3v) is 4.41. The molecule has 0 saturated carbocycles. The fourth-order valence-corrected chi connectivity index (χ4v) is 3.43. The molecule has 3 rings (SSSR count). The van der Waals surface area contributed by atoms with Gasteiger partial charge in [0.1, 0.15) is 0 Å². The van der Waals surface area contributed by atoms with Gasteiger partial charge >= 0.3 is 0 Å². The summed E-state index contributed by atoms with van der Waals surface area (Å²) in [6.45, 7) is 7.13. The molecular formula is C13H22N2O2. The number of carbonyl (C=O) groups excluding carboxylic acids is 1. The summed E-state index contributed by atoms with van der Waals surface area (Å²) in [7, 11) is 0. The molecule has 0 N–H and O–H groups in total. The molecule has 4 nitrogen and oxygen atoms in total. The normalized spacial score (nSPS) is 37.7. The average molecular weight is 238 g/mol. The fraction of sp³-hybridized carbons (Fsp3) is 0.923. The molecule has 3 saturated heterocycles. The molecule has 17 heavy (non-hydrogen) atoms. The fourth-order valence-electron chi connectivity index (χ4n) is 3.43. The van der Waals surface area contributed by atoms with Gasteiger partial charge in [-0.25, -0.2) is 0 Å². The van der Waals surface area contributed by atoms with Crippen LogP contribution in [0.4, 0.5) is 0 Å². The van der Waals surface area contributed by atoms with Gasteiger partial charge in [-0.2, -0.15) is 0 Å². The summed E-state index contributed by atoms with van der Waals surface area (Å²) < 4.78 is 5.93. The van der Waals surface area contributed by atoms with Crippen molar-refractivity contribution >= 4 is 5.91 Å². The quantitative estimate of drug-likeness (QED) is 0.710. The third-order valence-electron chi connectivity index (χ3n) is 4.41. The van der Waals surface area contributed by atoms with E-state index in [1.165, 1.54) is 12.8 Å². The van der Waals surface area contributed by atoms with Crippen molar-refractivity contribution in [2.45, 2.75) is 38.4 Å². The van der Waals surface area contributed by atoms with Gasteiger partial charge in [0.05, 0.1) is 18.1 Å². The second kappa shape index (κ2) is 4.58. The number of fused-ring (bicyclic) bond motifs is 2. The molecule has 3 heterocycles. The van der Waals surface area contributed by atoms with Crippen LogP contribution in [0.2, 0.25) is 0 Å². The molecule has 0 radical (unpaired) electrons. The first-order chi connectivity index (χ1) is 8.28. The van der Waals surface area contributed by atoms with Crippen molar-refractivity contribution in [2.24, 2.45) is 5.92 Å². The van der Waals surface area contributed by atoms with E-state index in [1.54, 1.807) is 0 Å². The number of hydrogen-bond donors (Lipinski definition) is 0. The van der Waals surface area contributed by atoms with Crippen molar-refractivity contribution < 1.29 is 9.53 Å². The molecule has 0 aromatic heterocycles. The van der Waals surface area contributed by atoms with Crippen LogP contribution in [0.1, 0.15) is 26.2 Å². The van der Waals surface area contributed by atoms with Gasteiger partial charge in [-0.05, 0) is 25.8 Å². The number of ether oxygens (including phenoxy) is 1. The average Bonchev–Trinajstić information content (AvgIpc) is 2.96. The first-order valence-electron chi connectivity index (χ1n) is 6.94. The first kappa shape index (κ1) is 11.5. The molecule has 0 aromatic rings. The Hall–Kier alpha value is -0.610. The third kappa shape index (κ3) is 2.08. The van der Waals surface area contributed by atoms with Crippen molar-refractivity contribution in [1.82, 2.24) is 9.80 Å². The smallest absolute Gasteiger partial charge is 0.228 e. The van der Waals surface area contributed by atoms with Crippen LogP contribution in [0.25, 0.3) is 0 Å². The molecule has 3 aliphatic heterocycles. The first-order valence-corrected chi connectivity index (χ1v) is 6.94. The molecule has 0 aromatic carbocycles. The van der Waals surface area contributed by atoms with Crippen LogP contribution < -0.4 is 0 Å². The molecular weight excluding hydrogens is 216 g/mol. The predicted molar refractivity (Wildman–Crippen MR) is 64.7 cm³/mol. The summed E-state index contributed by atoms with van der Waals surface area (Å²) in [6, 6.07) is 0. The number of morpholine rings is 1. The molecule has 3 unspecified atom stereocenters. The lowest BCUT2D eigenvalue weighted by atomic mass is 9.99. The summed E-state index contributed by atoms with van der Waals surface area (Å²) in [4.78, 5) is 16.9. The number of rotatable bonds is 2. The van der Waals surface area contributed by atoms with Crippen molar-refractivity contribution in [3.8, 4) is 0 Å². The Bertz CT molecular complexity index is 302. The standard InChI is InChI=1S/C13H22N2O2/c1-2-14-8-10-7-11(12(9-14)17-10)13(16)15-5-3-4-6-15/h10-12H,2-9H2,1H3. The second-order valence-electron chi connectivity index (χ2n) is 5.52. The van der Waals surface area contributed by atoms with Crippen LogP contribution in [0.15, 0.2) is 0 Å². The van der Waals surface area contributed by atoms with E-state index < -0.39 is 0 Å². The van der Waals surface area contributed by atoms with Crippen LogP contribution in [0, 0.1) is 5.92 Å². The maximum Gasteiger partial charge on any atom is 0.228 e. The van der Waals surface area contributed by atoms with Crippen LogP contribution in [0.3, 0.4) is 0 Å². The zero-order chi connectivity index (χ0) is 11.8. The van der Waals surface area contributed by atoms with Crippen molar-refractivity contribution in [3.63, 3.8) is 0 Å². The SMILES string of the molecule is CCN1CC2CC(C(=O)N3CCCC3)C(C1)O2. The highest BCUT2D eigenvalue weighted by Crippen LogP contribution is 2.33. The molecule has 2 bridgehead atoms. The van der Waals surface area contributed by atoms with Gasteiger partial charge in [0.25, 0.3) is 0 Å². The highest BCUT2D eigenvalue weighted by atomic mass is 16.5. The largest absolute Gasteiger partial charge is 0.371 e. The zero-order valence-electron chi connectivity index (χ0n) is 10.6. The van der Waals surface area contributed by atoms with Crippen molar-refractivity contribution in [3.05, 3.63) is 0 Å². The monoisotopic (exact) mass is 238 g/mol. The maximum atomic E-state index is 12.4. The topological polar surface area (TPSA) is 32.8 Å². The van der Waals surface area contributed by atoms with Gasteiger partial charge in [0.2, 0.25) is 5.91 Å². The molecule has 1 amide bonds. The lowest BCUT2D eigenvalue weighted by Gasteiger charge is -2.32. The Morgan fingerprint density at radius 2 is 2.06 bits per heavy atom. The van der Waals surface area contributed by atoms with Gasteiger partial charge in [-0.3, -0.25) is 9.69 Å². The van der Waals surface area contributed by atoms with E-state index in [0.29, 0.717) is 12.0 Å². The van der Waals surface area contributed by atoms with Crippen molar-refractivity contribution in [2.75, 3.05) is 32.7 Å². The molecule has 3 aliphatic rings. The van der Waals surface area contributed by atoms with Crippen molar-refractivity contribution in [1.29, 1.82) is 0 Å². The Morgan fingerprint density at radius 1 is 1.29 bits per heavy atom. The number of likely N-dealkylation sites (tertiary alicyclic amines) is 2. The van der Waals surface area contributed by atoms with E-state index in [9.17, 15) is 4.79 Å². The zero-order valence-corrected chi connectivity index (χ0v) is 10.6. The number of amides is 1. The molecule has 3 fully saturated rings. The van der Waals surface area contributed by atoms with E-state index in [2.05, 4.69) is 11.8 Å². The minimum Gasteiger partial charge on any atom is -0.371 e. The Labute approximate surface area is 103 Å². The van der Waals surface area contributed by atoms with E-state index in [-0.39, 0.29) is 12.0 Å². The van der Waals surface area contributed by atoms with E-state index in [0.717, 1.165) is 39.1 Å². The van der Waals surface area contributed by atoms with E-state index in [4.69, 9.17) is 4.74 Å². The number of nitrogens with zero attached hydrogens (tertiary/aromatic N) is 2. The van der Waals surface area contributed by atoms with Gasteiger partial charge in [0.15, 0.2) is 0 Å². The van der Waals surface area contributed by atoms with Gasteiger partial charge in [-0.15, -0.1) is 0 Å². The molecule has 0 aliphatic carbocycles. The summed E-state index contributed by atoms with van der Waals surface area (Å²) in [5.74, 6) is 0.489. The molecule has 4 heteroatoms. The van der Waals surface area contributed by atoms with Crippen LogP contribution in [-0.2, 0) is 9.53 Å². The summed E-state index contributed by atoms with van der Waals surface area (Å²) in [5.41, 5.74) is 0. The minimum atomic E-state index is 0.134. The van der Waals surface area contributed by atoms with Crippen LogP contribution >= 0.6 is 0 Å². The summed E-state index contributed by atoms with van der Waals surface area (Å²) in [6.07, 6.45) is 3.74. The van der Waals surface area contributed by atoms with Gasteiger partial charge in [0, 0.05) is 26.2 Å².